The molecule has 5 N–H and O–H groups in total. The first-order valence-corrected chi connectivity index (χ1v) is 10.7. The molecule has 0 aliphatic carbocycles. The zero-order valence-electron chi connectivity index (χ0n) is 18.5. The van der Waals surface area contributed by atoms with Gasteiger partial charge in [-0.2, -0.15) is 0 Å². The van der Waals surface area contributed by atoms with Gasteiger partial charge in [-0.15, -0.1) is 0 Å². The van der Waals surface area contributed by atoms with E-state index < -0.39 is 48.6 Å². The number of amides is 2. The van der Waals surface area contributed by atoms with Gasteiger partial charge in [0.05, 0.1) is 18.2 Å². The lowest BCUT2D eigenvalue weighted by Gasteiger charge is -2.42. The molecule has 0 spiro atoms. The Kier molecular flexibility index (Phi) is 8.54. The molecule has 178 valence electrons. The third-order valence-electron chi connectivity index (χ3n) is 5.60. The van der Waals surface area contributed by atoms with Crippen LogP contribution < -0.4 is 10.6 Å². The van der Waals surface area contributed by atoms with Crippen LogP contribution in [0.25, 0.3) is 11.1 Å². The summed E-state index contributed by atoms with van der Waals surface area (Å²) in [7, 11) is 1.39. The Morgan fingerprint density at radius 2 is 1.73 bits per heavy atom. The summed E-state index contributed by atoms with van der Waals surface area (Å²) in [5, 5.41) is 36.6. The van der Waals surface area contributed by atoms with Crippen molar-refractivity contribution >= 4 is 11.8 Å². The lowest BCUT2D eigenvalue weighted by Crippen LogP contribution is -2.63. The van der Waals surface area contributed by atoms with E-state index in [2.05, 4.69) is 10.6 Å². The van der Waals surface area contributed by atoms with Crippen LogP contribution in [-0.4, -0.2) is 77.5 Å². The maximum atomic E-state index is 12.5. The van der Waals surface area contributed by atoms with Crippen LogP contribution in [0, 0.1) is 0 Å². The molecule has 1 heterocycles. The summed E-state index contributed by atoms with van der Waals surface area (Å²) in [5.41, 5.74) is 2.39. The van der Waals surface area contributed by atoms with Crippen LogP contribution in [-0.2, 0) is 14.3 Å². The van der Waals surface area contributed by atoms with Gasteiger partial charge in [0.2, 0.25) is 5.91 Å². The molecule has 2 amide bonds. The van der Waals surface area contributed by atoms with E-state index in [4.69, 9.17) is 9.47 Å². The molecule has 6 unspecified atom stereocenters. The van der Waals surface area contributed by atoms with Crippen molar-refractivity contribution < 1.29 is 34.4 Å². The van der Waals surface area contributed by atoms with Gasteiger partial charge in [-0.3, -0.25) is 9.59 Å². The van der Waals surface area contributed by atoms with Crippen LogP contribution in [0.3, 0.4) is 0 Å². The fraction of sp³-hybridized carbons (Fsp3) is 0.417. The fourth-order valence-corrected chi connectivity index (χ4v) is 3.82. The van der Waals surface area contributed by atoms with Gasteiger partial charge in [0.25, 0.3) is 5.91 Å². The van der Waals surface area contributed by atoms with Crippen LogP contribution in [0.15, 0.2) is 54.6 Å². The van der Waals surface area contributed by atoms with Gasteiger partial charge >= 0.3 is 0 Å². The van der Waals surface area contributed by atoms with Gasteiger partial charge in [-0.05, 0) is 23.3 Å². The number of ether oxygens (including phenoxy) is 2. The lowest BCUT2D eigenvalue weighted by molar-refractivity contribution is -0.244. The molecular weight excluding hydrogens is 428 g/mol. The van der Waals surface area contributed by atoms with Gasteiger partial charge in [0.15, 0.2) is 6.29 Å². The molecule has 2 aromatic carbocycles. The summed E-state index contributed by atoms with van der Waals surface area (Å²) in [5.74, 6) is -0.837. The number of methoxy groups -OCH3 is 1. The molecule has 33 heavy (non-hydrogen) atoms. The van der Waals surface area contributed by atoms with Crippen molar-refractivity contribution in [3.05, 3.63) is 60.2 Å². The van der Waals surface area contributed by atoms with Crippen LogP contribution in [0.4, 0.5) is 0 Å². The van der Waals surface area contributed by atoms with Crippen molar-refractivity contribution in [3.8, 4) is 11.1 Å². The van der Waals surface area contributed by atoms with Crippen molar-refractivity contribution in [1.29, 1.82) is 0 Å². The molecule has 0 bridgehead atoms. The largest absolute Gasteiger partial charge is 0.391 e. The lowest BCUT2D eigenvalue weighted by atomic mass is 9.92. The normalized spacial score (nSPS) is 24.5. The number of rotatable bonds is 8. The Bertz CT molecular complexity index is 922. The topological polar surface area (TPSA) is 137 Å². The molecule has 3 rings (SSSR count). The van der Waals surface area contributed by atoms with Crippen molar-refractivity contribution in [2.45, 2.75) is 50.1 Å². The first kappa shape index (κ1) is 24.8. The molecule has 0 saturated carbocycles. The summed E-state index contributed by atoms with van der Waals surface area (Å²) >= 11 is 0. The average Bonchev–Trinajstić information content (AvgIpc) is 2.83. The number of hydrogen-bond donors (Lipinski definition) is 5. The summed E-state index contributed by atoms with van der Waals surface area (Å²) in [6.45, 7) is 1.01. The van der Waals surface area contributed by atoms with Crippen LogP contribution in [0.1, 0.15) is 23.7 Å². The van der Waals surface area contributed by atoms with Crippen molar-refractivity contribution in [2.75, 3.05) is 13.7 Å². The predicted octanol–water partition coefficient (Wildman–Crippen LogP) is 0.432. The molecule has 1 aliphatic rings. The van der Waals surface area contributed by atoms with Gasteiger partial charge in [-0.25, -0.2) is 0 Å². The quantitative estimate of drug-likeness (QED) is 0.387. The van der Waals surface area contributed by atoms with E-state index in [0.29, 0.717) is 5.56 Å². The van der Waals surface area contributed by atoms with E-state index in [-0.39, 0.29) is 13.0 Å². The Hall–Kier alpha value is -2.82. The second-order valence-electron chi connectivity index (χ2n) is 8.01. The standard InChI is InChI=1S/C24H30N2O7/c1-14(27)26-21-18(28)12-20(32-2)33-23(21)22(30)19(29)13-25-24(31)17-10-8-16(9-11-17)15-6-4-3-5-7-15/h3-11,18-23,28-30H,12-13H2,1-2H3,(H,25,31)(H,26,27). The first-order chi connectivity index (χ1) is 15.8. The molecule has 9 heteroatoms. The molecule has 1 aliphatic heterocycles. The number of nitrogens with one attached hydrogen (secondary N) is 2. The fourth-order valence-electron chi connectivity index (χ4n) is 3.82. The smallest absolute Gasteiger partial charge is 0.251 e. The number of benzene rings is 2. The van der Waals surface area contributed by atoms with Gasteiger partial charge in [-0.1, -0.05) is 42.5 Å². The maximum absolute atomic E-state index is 12.5. The monoisotopic (exact) mass is 458 g/mol. The first-order valence-electron chi connectivity index (χ1n) is 10.7. The van der Waals surface area contributed by atoms with Gasteiger partial charge in [0, 0.05) is 32.6 Å². The minimum atomic E-state index is -1.50. The minimum absolute atomic E-state index is 0.0937. The molecule has 6 atom stereocenters. The zero-order chi connectivity index (χ0) is 24.0. The van der Waals surface area contributed by atoms with Gasteiger partial charge in [0.1, 0.15) is 12.2 Å². The molecule has 0 aromatic heterocycles. The highest BCUT2D eigenvalue weighted by molar-refractivity contribution is 5.94. The van der Waals surface area contributed by atoms with Crippen molar-refractivity contribution in [2.24, 2.45) is 0 Å². The van der Waals surface area contributed by atoms with Crippen LogP contribution in [0.5, 0.6) is 0 Å². The Morgan fingerprint density at radius 3 is 2.33 bits per heavy atom. The number of hydrogen-bond acceptors (Lipinski definition) is 7. The predicted molar refractivity (Wildman–Crippen MR) is 120 cm³/mol. The Balaban J connectivity index is 1.60. The SMILES string of the molecule is COC1CC(O)C(NC(C)=O)C(C(O)C(O)CNC(=O)c2ccc(-c3ccccc3)cc2)O1. The van der Waals surface area contributed by atoms with E-state index in [1.807, 2.05) is 42.5 Å². The molecule has 1 fully saturated rings. The second kappa shape index (κ2) is 11.4. The Labute approximate surface area is 192 Å². The molecule has 1 saturated heterocycles. The molecular formula is C24H30N2O7. The minimum Gasteiger partial charge on any atom is -0.391 e. The average molecular weight is 459 g/mol. The van der Waals surface area contributed by atoms with E-state index in [0.717, 1.165) is 11.1 Å². The van der Waals surface area contributed by atoms with Crippen LogP contribution in [0.2, 0.25) is 0 Å². The third kappa shape index (κ3) is 6.37. The van der Waals surface area contributed by atoms with E-state index in [1.54, 1.807) is 12.1 Å². The van der Waals surface area contributed by atoms with Crippen LogP contribution >= 0.6 is 0 Å². The highest BCUT2D eigenvalue weighted by atomic mass is 16.7. The van der Waals surface area contributed by atoms with E-state index in [1.165, 1.54) is 14.0 Å². The number of aliphatic hydroxyl groups is 3. The summed E-state index contributed by atoms with van der Waals surface area (Å²) < 4.78 is 10.7. The second-order valence-corrected chi connectivity index (χ2v) is 8.01. The number of aliphatic hydroxyl groups excluding tert-OH is 3. The highest BCUT2D eigenvalue weighted by Crippen LogP contribution is 2.25. The highest BCUT2D eigenvalue weighted by Gasteiger charge is 2.44. The van der Waals surface area contributed by atoms with Crippen molar-refractivity contribution in [1.82, 2.24) is 10.6 Å². The van der Waals surface area contributed by atoms with E-state index >= 15 is 0 Å². The third-order valence-corrected chi connectivity index (χ3v) is 5.60. The molecule has 9 nitrogen and oxygen atoms in total. The molecule has 2 aromatic rings. The molecule has 0 radical (unpaired) electrons. The number of carbonyl (C=O) groups is 2. The summed E-state index contributed by atoms with van der Waals surface area (Å²) in [6, 6.07) is 15.8. The van der Waals surface area contributed by atoms with E-state index in [9.17, 15) is 24.9 Å². The zero-order valence-corrected chi connectivity index (χ0v) is 18.5. The maximum Gasteiger partial charge on any atom is 0.251 e. The summed E-state index contributed by atoms with van der Waals surface area (Å²) in [4.78, 5) is 24.0. The number of carbonyl (C=O) groups excluding carboxylic acids is 2. The summed E-state index contributed by atoms with van der Waals surface area (Å²) in [6.07, 6.45) is -5.82. The van der Waals surface area contributed by atoms with Gasteiger partial charge < -0.3 is 35.4 Å². The Morgan fingerprint density at radius 1 is 1.09 bits per heavy atom. The van der Waals surface area contributed by atoms with Crippen molar-refractivity contribution in [3.63, 3.8) is 0 Å².